The summed E-state index contributed by atoms with van der Waals surface area (Å²) in [6.07, 6.45) is 1.99. The van der Waals surface area contributed by atoms with Crippen molar-refractivity contribution in [2.24, 2.45) is 5.92 Å². The molecule has 2 aromatic rings. The summed E-state index contributed by atoms with van der Waals surface area (Å²) >= 11 is 2.68. The van der Waals surface area contributed by atoms with E-state index in [-0.39, 0.29) is 17.1 Å². The Morgan fingerprint density at radius 1 is 1.21 bits per heavy atom. The number of aryl methyl sites for hydroxylation is 1. The van der Waals surface area contributed by atoms with Crippen LogP contribution < -0.4 is 10.1 Å². The number of amides is 1. The van der Waals surface area contributed by atoms with Crippen LogP contribution in [0.1, 0.15) is 52.7 Å². The summed E-state index contributed by atoms with van der Waals surface area (Å²) in [7, 11) is 0. The van der Waals surface area contributed by atoms with Gasteiger partial charge < -0.3 is 10.1 Å². The predicted molar refractivity (Wildman–Crippen MR) is 120 cm³/mol. The molecule has 7 nitrogen and oxygen atoms in total. The third-order valence-electron chi connectivity index (χ3n) is 6.09. The Kier molecular flexibility index (Phi) is 7.85. The van der Waals surface area contributed by atoms with Gasteiger partial charge in [-0.2, -0.15) is 13.2 Å². The van der Waals surface area contributed by atoms with Crippen molar-refractivity contribution < 1.29 is 22.7 Å². The number of halogens is 3. The summed E-state index contributed by atoms with van der Waals surface area (Å²) in [4.78, 5) is 19.9. The lowest BCUT2D eigenvalue weighted by atomic mass is 9.84. The molecule has 0 radical (unpaired) electrons. The third kappa shape index (κ3) is 7.35. The molecular formula is C21H28F3N5O2S2. The van der Waals surface area contributed by atoms with Crippen LogP contribution in [0.15, 0.2) is 0 Å². The van der Waals surface area contributed by atoms with Gasteiger partial charge in [0, 0.05) is 24.0 Å². The van der Waals surface area contributed by atoms with E-state index in [4.69, 9.17) is 4.74 Å². The molecule has 1 saturated carbocycles. The summed E-state index contributed by atoms with van der Waals surface area (Å²) in [5, 5.41) is 12.8. The van der Waals surface area contributed by atoms with Crippen molar-refractivity contribution >= 4 is 28.6 Å². The number of alkyl halides is 3. The van der Waals surface area contributed by atoms with Gasteiger partial charge in [0.25, 0.3) is 5.19 Å². The van der Waals surface area contributed by atoms with E-state index in [1.807, 2.05) is 6.92 Å². The van der Waals surface area contributed by atoms with Crippen molar-refractivity contribution in [3.63, 3.8) is 0 Å². The van der Waals surface area contributed by atoms with E-state index < -0.39 is 12.8 Å². The Bertz CT molecular complexity index is 941. The highest BCUT2D eigenvalue weighted by atomic mass is 32.1. The Morgan fingerprint density at radius 3 is 2.70 bits per heavy atom. The summed E-state index contributed by atoms with van der Waals surface area (Å²) in [6.45, 7) is 3.09. The maximum Gasteiger partial charge on any atom is 0.422 e. The van der Waals surface area contributed by atoms with Crippen LogP contribution in [0.2, 0.25) is 0 Å². The van der Waals surface area contributed by atoms with Gasteiger partial charge in [0.15, 0.2) is 6.61 Å². The molecule has 0 saturated heterocycles. The van der Waals surface area contributed by atoms with Gasteiger partial charge in [-0.15, -0.1) is 21.5 Å². The largest absolute Gasteiger partial charge is 0.460 e. The van der Waals surface area contributed by atoms with E-state index in [9.17, 15) is 18.0 Å². The molecule has 12 heteroatoms. The van der Waals surface area contributed by atoms with Crippen LogP contribution in [-0.2, 0) is 24.2 Å². The lowest BCUT2D eigenvalue weighted by Gasteiger charge is -2.31. The summed E-state index contributed by atoms with van der Waals surface area (Å²) < 4.78 is 41.9. The number of rotatable bonds is 8. The van der Waals surface area contributed by atoms with Crippen LogP contribution in [-0.4, -0.2) is 57.9 Å². The third-order valence-corrected chi connectivity index (χ3v) is 8.00. The van der Waals surface area contributed by atoms with Gasteiger partial charge in [0.2, 0.25) is 5.91 Å². The molecule has 0 bridgehead atoms. The quantitative estimate of drug-likeness (QED) is 0.589. The molecule has 182 valence electrons. The number of carbonyl (C=O) groups excluding carboxylic acids is 1. The van der Waals surface area contributed by atoms with Crippen LogP contribution in [0, 0.1) is 12.8 Å². The van der Waals surface area contributed by atoms with Gasteiger partial charge in [-0.3, -0.25) is 9.69 Å². The predicted octanol–water partition coefficient (Wildman–Crippen LogP) is 3.91. The number of hydrogen-bond acceptors (Lipinski definition) is 8. The molecule has 0 aromatic carbocycles. The number of thiazole rings is 1. The number of nitrogens with one attached hydrogen (secondary N) is 1. The first kappa shape index (κ1) is 24.3. The minimum Gasteiger partial charge on any atom is -0.460 e. The van der Waals surface area contributed by atoms with Gasteiger partial charge in [0.1, 0.15) is 10.0 Å². The zero-order chi connectivity index (χ0) is 23.4. The maximum atomic E-state index is 12.4. The van der Waals surface area contributed by atoms with Crippen LogP contribution in [0.5, 0.6) is 5.19 Å². The normalized spacial score (nSPS) is 21.6. The second-order valence-electron chi connectivity index (χ2n) is 8.75. The molecule has 0 spiro atoms. The Hall–Kier alpha value is -1.79. The lowest BCUT2D eigenvalue weighted by Crippen LogP contribution is -2.39. The lowest BCUT2D eigenvalue weighted by molar-refractivity contribution is -0.153. The Balaban J connectivity index is 1.15. The fraction of sp³-hybridized carbons (Fsp3) is 0.714. The SMILES string of the molecule is Cc1nnc(CC(=O)N[C@H]2CC[C@H](CCN3CCc4sc(OCC(F)(F)F)nc4C3)CC2)s1. The van der Waals surface area contributed by atoms with Crippen molar-refractivity contribution in [2.45, 2.75) is 70.6 Å². The number of fused-ring (bicyclic) bond motifs is 1. The van der Waals surface area contributed by atoms with E-state index in [1.54, 1.807) is 0 Å². The highest BCUT2D eigenvalue weighted by Gasteiger charge is 2.30. The van der Waals surface area contributed by atoms with Gasteiger partial charge in [0.05, 0.1) is 12.1 Å². The van der Waals surface area contributed by atoms with Gasteiger partial charge in [-0.05, 0) is 57.9 Å². The van der Waals surface area contributed by atoms with Gasteiger partial charge in [-0.1, -0.05) is 11.3 Å². The minimum absolute atomic E-state index is 0.0144. The van der Waals surface area contributed by atoms with Crippen LogP contribution in [0.3, 0.4) is 0 Å². The number of hydrogen-bond donors (Lipinski definition) is 1. The topological polar surface area (TPSA) is 80.2 Å². The van der Waals surface area contributed by atoms with Gasteiger partial charge in [-0.25, -0.2) is 4.98 Å². The van der Waals surface area contributed by atoms with E-state index in [1.165, 1.54) is 22.7 Å². The molecule has 33 heavy (non-hydrogen) atoms. The molecule has 4 rings (SSSR count). The molecular weight excluding hydrogens is 475 g/mol. The van der Waals surface area contributed by atoms with E-state index in [0.29, 0.717) is 18.9 Å². The molecule has 1 N–H and O–H groups in total. The number of aromatic nitrogens is 3. The Labute approximate surface area is 198 Å². The van der Waals surface area contributed by atoms with Gasteiger partial charge >= 0.3 is 6.18 Å². The molecule has 1 amide bonds. The van der Waals surface area contributed by atoms with E-state index >= 15 is 0 Å². The molecule has 2 aliphatic rings. The number of nitrogens with zero attached hydrogens (tertiary/aromatic N) is 4. The average Bonchev–Trinajstić information content (AvgIpc) is 3.36. The number of carbonyl (C=O) groups is 1. The average molecular weight is 504 g/mol. The fourth-order valence-electron chi connectivity index (χ4n) is 4.41. The first-order chi connectivity index (χ1) is 15.7. The highest BCUT2D eigenvalue weighted by Crippen LogP contribution is 2.32. The van der Waals surface area contributed by atoms with Crippen molar-refractivity contribution in [2.75, 3.05) is 19.7 Å². The van der Waals surface area contributed by atoms with Crippen molar-refractivity contribution in [3.05, 3.63) is 20.6 Å². The Morgan fingerprint density at radius 2 is 2.00 bits per heavy atom. The van der Waals surface area contributed by atoms with Crippen LogP contribution in [0.4, 0.5) is 13.2 Å². The second-order valence-corrected chi connectivity index (χ2v) is 11.1. The first-order valence-corrected chi connectivity index (χ1v) is 12.9. The standard InChI is InChI=1S/C21H28F3N5O2S2/c1-13-27-28-19(32-13)10-18(30)25-15-4-2-14(3-5-15)6-8-29-9-7-17-16(11-29)26-20(33-17)31-12-21(22,23)24/h14-15H,2-12H2,1H3,(H,25,30)/t14-,15-. The summed E-state index contributed by atoms with van der Waals surface area (Å²) in [5.74, 6) is 0.645. The fourth-order valence-corrected chi connectivity index (χ4v) is 6.02. The monoisotopic (exact) mass is 503 g/mol. The number of ether oxygens (including phenoxy) is 1. The molecule has 2 aromatic heterocycles. The molecule has 1 fully saturated rings. The van der Waals surface area contributed by atoms with Crippen molar-refractivity contribution in [1.29, 1.82) is 0 Å². The van der Waals surface area contributed by atoms with E-state index in [2.05, 4.69) is 25.4 Å². The minimum atomic E-state index is -4.35. The highest BCUT2D eigenvalue weighted by molar-refractivity contribution is 7.13. The summed E-state index contributed by atoms with van der Waals surface area (Å²) in [6, 6.07) is 0.227. The molecule has 0 unspecified atom stereocenters. The van der Waals surface area contributed by atoms with Crippen LogP contribution >= 0.6 is 22.7 Å². The molecule has 0 atom stereocenters. The maximum absolute atomic E-state index is 12.4. The molecule has 1 aliphatic carbocycles. The molecule has 3 heterocycles. The summed E-state index contributed by atoms with van der Waals surface area (Å²) in [5.41, 5.74) is 0.848. The van der Waals surface area contributed by atoms with Crippen LogP contribution in [0.25, 0.3) is 0 Å². The molecule has 1 aliphatic heterocycles. The smallest absolute Gasteiger partial charge is 0.422 e. The zero-order valence-electron chi connectivity index (χ0n) is 18.5. The zero-order valence-corrected chi connectivity index (χ0v) is 20.1. The van der Waals surface area contributed by atoms with Crippen molar-refractivity contribution in [3.8, 4) is 5.19 Å². The first-order valence-electron chi connectivity index (χ1n) is 11.2. The van der Waals surface area contributed by atoms with E-state index in [0.717, 1.165) is 72.2 Å². The second kappa shape index (κ2) is 10.6. The van der Waals surface area contributed by atoms with Crippen molar-refractivity contribution in [1.82, 2.24) is 25.4 Å².